The molecule has 3 nitrogen and oxygen atoms in total. The topological polar surface area (TPSA) is 29.0 Å². The summed E-state index contributed by atoms with van der Waals surface area (Å²) in [5.41, 5.74) is 10.0. The first-order chi connectivity index (χ1) is 27.2. The van der Waals surface area contributed by atoms with Gasteiger partial charge in [-0.05, 0) is 141 Å². The summed E-state index contributed by atoms with van der Waals surface area (Å²) in [7, 11) is 0. The van der Waals surface area contributed by atoms with Gasteiger partial charge in [-0.2, -0.15) is 0 Å². The maximum absolute atomic E-state index is 4.92. The summed E-state index contributed by atoms with van der Waals surface area (Å²) in [4.78, 5) is 12.2. The van der Waals surface area contributed by atoms with Crippen LogP contribution in [-0.2, 0) is 0 Å². The Hall–Kier alpha value is -6.66. The van der Waals surface area contributed by atoms with Crippen LogP contribution in [-0.4, -0.2) is 9.97 Å². The second kappa shape index (κ2) is 13.0. The van der Waals surface area contributed by atoms with Gasteiger partial charge in [-0.3, -0.25) is 0 Å². The molecule has 0 bridgehead atoms. The third-order valence-corrected chi connectivity index (χ3v) is 12.7. The lowest BCUT2D eigenvalue weighted by Crippen LogP contribution is -2.09. The van der Waals surface area contributed by atoms with Crippen LogP contribution in [0.3, 0.4) is 0 Å². The van der Waals surface area contributed by atoms with Crippen molar-refractivity contribution >= 4 is 92.5 Å². The summed E-state index contributed by atoms with van der Waals surface area (Å²) >= 11 is 3.46. The zero-order valence-electron chi connectivity index (χ0n) is 29.6. The Labute approximate surface area is 326 Å². The molecule has 0 fully saturated rings. The Balaban J connectivity index is 0.984. The number of thiazole rings is 2. The molecule has 258 valence electrons. The molecule has 0 atom stereocenters. The number of hydrogen-bond donors (Lipinski definition) is 0. The van der Waals surface area contributed by atoms with Crippen LogP contribution < -0.4 is 4.90 Å². The minimum absolute atomic E-state index is 1.03. The summed E-state index contributed by atoms with van der Waals surface area (Å²) in [6.07, 6.45) is 0. The smallest absolute Gasteiger partial charge is 0.124 e. The number of anilines is 3. The van der Waals surface area contributed by atoms with Crippen LogP contribution in [0.1, 0.15) is 0 Å². The third kappa shape index (κ3) is 5.73. The SMILES string of the molecule is c1ccc2cc(-c3ccc4c(ccc5cc(N(c6ccc(-c7nc8ccccc8s7)cc6)c6ccc(-c7nc8ccccc8s7)cc6)ccc54)c3)ccc2c1. The number of hydrogen-bond acceptors (Lipinski definition) is 5. The van der Waals surface area contributed by atoms with Crippen molar-refractivity contribution in [3.05, 3.63) is 188 Å². The van der Waals surface area contributed by atoms with Crippen molar-refractivity contribution in [2.45, 2.75) is 0 Å². The minimum atomic E-state index is 1.03. The fourth-order valence-electron chi connectivity index (χ4n) is 7.69. The molecular weight excluding hydrogens is 707 g/mol. The van der Waals surface area contributed by atoms with E-state index in [0.717, 1.165) is 49.2 Å². The molecule has 0 amide bonds. The fourth-order valence-corrected chi connectivity index (χ4v) is 9.63. The molecule has 0 unspecified atom stereocenters. The second-order valence-electron chi connectivity index (χ2n) is 13.9. The van der Waals surface area contributed by atoms with Gasteiger partial charge in [0.1, 0.15) is 10.0 Å². The number of nitrogens with zero attached hydrogens (tertiary/aromatic N) is 3. The van der Waals surface area contributed by atoms with E-state index in [0.29, 0.717) is 0 Å². The van der Waals surface area contributed by atoms with Gasteiger partial charge in [-0.1, -0.05) is 91.0 Å². The Bertz CT molecular complexity index is 3030. The Morgan fingerprint density at radius 1 is 0.327 bits per heavy atom. The van der Waals surface area contributed by atoms with E-state index in [2.05, 4.69) is 181 Å². The van der Waals surface area contributed by atoms with E-state index in [4.69, 9.17) is 9.97 Å². The molecule has 5 heteroatoms. The quantitative estimate of drug-likeness (QED) is 0.159. The molecule has 11 aromatic rings. The van der Waals surface area contributed by atoms with E-state index in [1.54, 1.807) is 22.7 Å². The van der Waals surface area contributed by atoms with Crippen LogP contribution >= 0.6 is 22.7 Å². The first kappa shape index (κ1) is 31.8. The van der Waals surface area contributed by atoms with Gasteiger partial charge in [0.15, 0.2) is 0 Å². The summed E-state index contributed by atoms with van der Waals surface area (Å²) in [5.74, 6) is 0. The van der Waals surface area contributed by atoms with Gasteiger partial charge in [-0.25, -0.2) is 9.97 Å². The minimum Gasteiger partial charge on any atom is -0.310 e. The van der Waals surface area contributed by atoms with Gasteiger partial charge in [0.25, 0.3) is 0 Å². The number of para-hydroxylation sites is 2. The maximum Gasteiger partial charge on any atom is 0.124 e. The van der Waals surface area contributed by atoms with E-state index >= 15 is 0 Å². The normalized spacial score (nSPS) is 11.6. The zero-order valence-corrected chi connectivity index (χ0v) is 31.2. The van der Waals surface area contributed by atoms with Crippen molar-refractivity contribution < 1.29 is 0 Å². The number of aromatic nitrogens is 2. The molecule has 0 spiro atoms. The van der Waals surface area contributed by atoms with Gasteiger partial charge in [0.05, 0.1) is 20.4 Å². The summed E-state index contributed by atoms with van der Waals surface area (Å²) in [6, 6.07) is 67.8. The highest BCUT2D eigenvalue weighted by Crippen LogP contribution is 2.41. The zero-order chi connectivity index (χ0) is 36.3. The summed E-state index contributed by atoms with van der Waals surface area (Å²) in [6.45, 7) is 0. The Morgan fingerprint density at radius 2 is 0.764 bits per heavy atom. The van der Waals surface area contributed by atoms with Crippen molar-refractivity contribution in [1.82, 2.24) is 9.97 Å². The second-order valence-corrected chi connectivity index (χ2v) is 15.9. The number of rotatable bonds is 6. The Morgan fingerprint density at radius 3 is 1.36 bits per heavy atom. The lowest BCUT2D eigenvalue weighted by Gasteiger charge is -2.26. The van der Waals surface area contributed by atoms with Crippen molar-refractivity contribution in [1.29, 1.82) is 0 Å². The summed E-state index contributed by atoms with van der Waals surface area (Å²) in [5, 5.41) is 9.50. The lowest BCUT2D eigenvalue weighted by molar-refractivity contribution is 1.29. The molecule has 0 radical (unpaired) electrons. The molecular formula is C50H31N3S2. The van der Waals surface area contributed by atoms with Gasteiger partial charge in [0.2, 0.25) is 0 Å². The first-order valence-electron chi connectivity index (χ1n) is 18.4. The predicted molar refractivity (Wildman–Crippen MR) is 236 cm³/mol. The van der Waals surface area contributed by atoms with Gasteiger partial charge < -0.3 is 4.90 Å². The number of benzene rings is 9. The molecule has 0 saturated carbocycles. The standard InChI is InChI=1S/C50H31N3S2/c1-2-8-35-29-36(14-13-32(35)7-1)37-21-27-43-38(30-37)15-16-39-31-42(26-28-44(39)43)53(40-22-17-33(18-23-40)49-51-45-9-3-5-11-47(45)54-49)41-24-19-34(20-25-41)50-52-46-10-4-6-12-48(46)55-50/h1-31H. The van der Waals surface area contributed by atoms with Crippen LogP contribution in [0.2, 0.25) is 0 Å². The fraction of sp³-hybridized carbons (Fsp3) is 0. The van der Waals surface area contributed by atoms with Gasteiger partial charge in [0, 0.05) is 28.2 Å². The largest absolute Gasteiger partial charge is 0.310 e. The lowest BCUT2D eigenvalue weighted by atomic mass is 9.96. The molecule has 9 aromatic carbocycles. The van der Waals surface area contributed by atoms with Crippen LogP contribution in [0.15, 0.2) is 188 Å². The van der Waals surface area contributed by atoms with Crippen LogP contribution in [0.4, 0.5) is 17.1 Å². The molecule has 55 heavy (non-hydrogen) atoms. The molecule has 0 N–H and O–H groups in total. The highest BCUT2D eigenvalue weighted by atomic mass is 32.1. The van der Waals surface area contributed by atoms with E-state index in [9.17, 15) is 0 Å². The molecule has 0 aliphatic carbocycles. The van der Waals surface area contributed by atoms with E-state index in [-0.39, 0.29) is 0 Å². The van der Waals surface area contributed by atoms with E-state index in [1.807, 2.05) is 12.1 Å². The van der Waals surface area contributed by atoms with Crippen LogP contribution in [0.25, 0.3) is 85.0 Å². The number of fused-ring (bicyclic) bond motifs is 6. The average molecular weight is 738 g/mol. The van der Waals surface area contributed by atoms with Crippen molar-refractivity contribution in [2.75, 3.05) is 4.90 Å². The maximum atomic E-state index is 4.92. The van der Waals surface area contributed by atoms with Crippen LogP contribution in [0.5, 0.6) is 0 Å². The Kier molecular flexibility index (Phi) is 7.54. The highest BCUT2D eigenvalue weighted by molar-refractivity contribution is 7.22. The molecule has 2 aromatic heterocycles. The summed E-state index contributed by atoms with van der Waals surface area (Å²) < 4.78 is 2.40. The van der Waals surface area contributed by atoms with E-state index in [1.165, 1.54) is 52.8 Å². The van der Waals surface area contributed by atoms with Crippen molar-refractivity contribution in [3.8, 4) is 32.3 Å². The first-order valence-corrected chi connectivity index (χ1v) is 20.0. The molecule has 0 aliphatic rings. The molecule has 11 rings (SSSR count). The molecule has 0 aliphatic heterocycles. The van der Waals surface area contributed by atoms with Gasteiger partial charge >= 0.3 is 0 Å². The van der Waals surface area contributed by atoms with Crippen molar-refractivity contribution in [3.63, 3.8) is 0 Å². The molecule has 2 heterocycles. The van der Waals surface area contributed by atoms with Gasteiger partial charge in [-0.15, -0.1) is 22.7 Å². The van der Waals surface area contributed by atoms with Crippen molar-refractivity contribution in [2.24, 2.45) is 0 Å². The average Bonchev–Trinajstić information content (AvgIpc) is 3.89. The van der Waals surface area contributed by atoms with E-state index < -0.39 is 0 Å². The monoisotopic (exact) mass is 737 g/mol. The van der Waals surface area contributed by atoms with Crippen LogP contribution in [0, 0.1) is 0 Å². The third-order valence-electron chi connectivity index (χ3n) is 10.5. The highest BCUT2D eigenvalue weighted by Gasteiger charge is 2.16. The predicted octanol–water partition coefficient (Wildman–Crippen LogP) is 14.8. The molecule has 0 saturated heterocycles.